The molecule has 0 aromatic heterocycles. The molecular weight excluding hydrogens is 370 g/mol. The molecule has 0 bridgehead atoms. The average Bonchev–Trinajstić information content (AvgIpc) is 2.69. The van der Waals surface area contributed by atoms with E-state index >= 15 is 0 Å². The SMILES string of the molecule is O=C(/C=C/c1ccc(Sc2ccccc2CO)c(Cl)c1)N1CCOCC1. The zero-order chi connectivity index (χ0) is 18.4. The summed E-state index contributed by atoms with van der Waals surface area (Å²) in [5.41, 5.74) is 1.74. The summed E-state index contributed by atoms with van der Waals surface area (Å²) in [6.07, 6.45) is 3.35. The Bertz CT molecular complexity index is 803. The third-order valence-corrected chi connectivity index (χ3v) is 5.68. The first-order valence-corrected chi connectivity index (χ1v) is 9.58. The highest BCUT2D eigenvalue weighted by Gasteiger charge is 2.14. The van der Waals surface area contributed by atoms with E-state index < -0.39 is 0 Å². The normalized spacial score (nSPS) is 14.8. The van der Waals surface area contributed by atoms with Gasteiger partial charge in [-0.1, -0.05) is 47.6 Å². The van der Waals surface area contributed by atoms with Gasteiger partial charge in [0, 0.05) is 29.0 Å². The Balaban J connectivity index is 1.69. The number of hydrogen-bond acceptors (Lipinski definition) is 4. The fraction of sp³-hybridized carbons (Fsp3) is 0.250. The van der Waals surface area contributed by atoms with Gasteiger partial charge in [0.05, 0.1) is 24.8 Å². The van der Waals surface area contributed by atoms with Crippen molar-refractivity contribution in [2.24, 2.45) is 0 Å². The molecule has 26 heavy (non-hydrogen) atoms. The smallest absolute Gasteiger partial charge is 0.246 e. The van der Waals surface area contributed by atoms with E-state index in [2.05, 4.69) is 0 Å². The van der Waals surface area contributed by atoms with Crippen molar-refractivity contribution in [2.75, 3.05) is 26.3 Å². The van der Waals surface area contributed by atoms with Gasteiger partial charge in [-0.05, 0) is 35.4 Å². The molecule has 1 saturated heterocycles. The Morgan fingerprint density at radius 2 is 1.96 bits per heavy atom. The second-order valence-electron chi connectivity index (χ2n) is 5.83. The van der Waals surface area contributed by atoms with Crippen LogP contribution >= 0.6 is 23.4 Å². The van der Waals surface area contributed by atoms with Crippen molar-refractivity contribution in [3.8, 4) is 0 Å². The van der Waals surface area contributed by atoms with Gasteiger partial charge < -0.3 is 14.7 Å². The van der Waals surface area contributed by atoms with Gasteiger partial charge in [-0.3, -0.25) is 4.79 Å². The molecule has 1 N–H and O–H groups in total. The van der Waals surface area contributed by atoms with Crippen LogP contribution in [-0.4, -0.2) is 42.2 Å². The number of morpholine rings is 1. The van der Waals surface area contributed by atoms with Gasteiger partial charge in [0.25, 0.3) is 0 Å². The largest absolute Gasteiger partial charge is 0.392 e. The van der Waals surface area contributed by atoms with E-state index in [4.69, 9.17) is 16.3 Å². The number of benzene rings is 2. The van der Waals surface area contributed by atoms with Crippen LogP contribution in [0.3, 0.4) is 0 Å². The Morgan fingerprint density at radius 1 is 1.19 bits per heavy atom. The van der Waals surface area contributed by atoms with Crippen LogP contribution in [0, 0.1) is 0 Å². The van der Waals surface area contributed by atoms with Gasteiger partial charge >= 0.3 is 0 Å². The Morgan fingerprint density at radius 3 is 2.69 bits per heavy atom. The monoisotopic (exact) mass is 389 g/mol. The van der Waals surface area contributed by atoms with E-state index in [0.717, 1.165) is 20.9 Å². The summed E-state index contributed by atoms with van der Waals surface area (Å²) in [7, 11) is 0. The first-order valence-electron chi connectivity index (χ1n) is 8.38. The molecule has 1 amide bonds. The van der Waals surface area contributed by atoms with Gasteiger partial charge in [0.2, 0.25) is 5.91 Å². The molecule has 6 heteroatoms. The van der Waals surface area contributed by atoms with Crippen LogP contribution in [-0.2, 0) is 16.1 Å². The fourth-order valence-electron chi connectivity index (χ4n) is 2.61. The highest BCUT2D eigenvalue weighted by molar-refractivity contribution is 7.99. The number of carbonyl (C=O) groups is 1. The first-order chi connectivity index (χ1) is 12.7. The quantitative estimate of drug-likeness (QED) is 0.789. The summed E-state index contributed by atoms with van der Waals surface area (Å²) in [6.45, 7) is 2.43. The van der Waals surface area contributed by atoms with Crippen molar-refractivity contribution in [3.63, 3.8) is 0 Å². The van der Waals surface area contributed by atoms with E-state index in [-0.39, 0.29) is 12.5 Å². The maximum atomic E-state index is 12.2. The molecule has 1 heterocycles. The van der Waals surface area contributed by atoms with Gasteiger partial charge in [0.15, 0.2) is 0 Å². The predicted octanol–water partition coefficient (Wildman–Crippen LogP) is 3.86. The van der Waals surface area contributed by atoms with Crippen molar-refractivity contribution in [1.82, 2.24) is 4.90 Å². The second kappa shape index (κ2) is 9.24. The van der Waals surface area contributed by atoms with Crippen LogP contribution in [0.2, 0.25) is 5.02 Å². The number of amides is 1. The van der Waals surface area contributed by atoms with E-state index in [0.29, 0.717) is 31.3 Å². The minimum Gasteiger partial charge on any atom is -0.392 e. The third kappa shape index (κ3) is 4.89. The lowest BCUT2D eigenvalue weighted by molar-refractivity contribution is -0.129. The molecule has 0 atom stereocenters. The van der Waals surface area contributed by atoms with Crippen molar-refractivity contribution >= 4 is 35.3 Å². The van der Waals surface area contributed by atoms with Crippen LogP contribution in [0.5, 0.6) is 0 Å². The van der Waals surface area contributed by atoms with Crippen molar-refractivity contribution in [3.05, 3.63) is 64.7 Å². The molecule has 3 rings (SSSR count). The van der Waals surface area contributed by atoms with Gasteiger partial charge in [0.1, 0.15) is 0 Å². The van der Waals surface area contributed by atoms with Gasteiger partial charge in [-0.2, -0.15) is 0 Å². The molecule has 0 unspecified atom stereocenters. The number of ether oxygens (including phenoxy) is 1. The summed E-state index contributed by atoms with van der Waals surface area (Å²) in [5.74, 6) is -0.0141. The minimum atomic E-state index is -0.0141. The zero-order valence-electron chi connectivity index (χ0n) is 14.2. The highest BCUT2D eigenvalue weighted by atomic mass is 35.5. The Labute approximate surface area is 162 Å². The lowest BCUT2D eigenvalue weighted by Crippen LogP contribution is -2.39. The Kier molecular flexibility index (Phi) is 6.74. The first kappa shape index (κ1) is 19.0. The van der Waals surface area contributed by atoms with E-state index in [9.17, 15) is 9.90 Å². The molecule has 136 valence electrons. The van der Waals surface area contributed by atoms with E-state index in [1.807, 2.05) is 42.5 Å². The molecule has 1 fully saturated rings. The molecule has 2 aromatic carbocycles. The number of halogens is 1. The number of aliphatic hydroxyl groups excluding tert-OH is 1. The number of carbonyl (C=O) groups excluding carboxylic acids is 1. The lowest BCUT2D eigenvalue weighted by Gasteiger charge is -2.25. The number of hydrogen-bond donors (Lipinski definition) is 1. The molecule has 1 aliphatic heterocycles. The van der Waals surface area contributed by atoms with Crippen LogP contribution in [0.4, 0.5) is 0 Å². The van der Waals surface area contributed by atoms with E-state index in [1.54, 1.807) is 17.1 Å². The van der Waals surface area contributed by atoms with Gasteiger partial charge in [-0.25, -0.2) is 0 Å². The molecular formula is C20H20ClNO3S. The van der Waals surface area contributed by atoms with Crippen molar-refractivity contribution in [2.45, 2.75) is 16.4 Å². The zero-order valence-corrected chi connectivity index (χ0v) is 15.8. The van der Waals surface area contributed by atoms with E-state index in [1.165, 1.54) is 11.8 Å². The molecule has 0 radical (unpaired) electrons. The maximum absolute atomic E-state index is 12.2. The summed E-state index contributed by atoms with van der Waals surface area (Å²) < 4.78 is 5.25. The third-order valence-electron chi connectivity index (χ3n) is 4.06. The highest BCUT2D eigenvalue weighted by Crippen LogP contribution is 2.35. The molecule has 0 aliphatic carbocycles. The van der Waals surface area contributed by atoms with Gasteiger partial charge in [-0.15, -0.1) is 0 Å². The van der Waals surface area contributed by atoms with Crippen LogP contribution < -0.4 is 0 Å². The Hall–Kier alpha value is -1.79. The summed E-state index contributed by atoms with van der Waals surface area (Å²) >= 11 is 7.93. The van der Waals surface area contributed by atoms with Crippen LogP contribution in [0.1, 0.15) is 11.1 Å². The summed E-state index contributed by atoms with van der Waals surface area (Å²) in [4.78, 5) is 15.8. The topological polar surface area (TPSA) is 49.8 Å². The second-order valence-corrected chi connectivity index (χ2v) is 7.32. The fourth-order valence-corrected chi connectivity index (χ4v) is 3.86. The predicted molar refractivity (Wildman–Crippen MR) is 104 cm³/mol. The molecule has 0 spiro atoms. The number of aliphatic hydroxyl groups is 1. The maximum Gasteiger partial charge on any atom is 0.246 e. The van der Waals surface area contributed by atoms with Crippen molar-refractivity contribution in [1.29, 1.82) is 0 Å². The van der Waals surface area contributed by atoms with Crippen molar-refractivity contribution < 1.29 is 14.6 Å². The molecule has 1 aliphatic rings. The minimum absolute atomic E-state index is 0.00867. The standard InChI is InChI=1S/C20H20ClNO3S/c21-17-13-15(6-8-20(24)22-9-11-25-12-10-22)5-7-19(17)26-18-4-2-1-3-16(18)14-23/h1-8,13,23H,9-12,14H2/b8-6+. The number of rotatable bonds is 5. The molecule has 4 nitrogen and oxygen atoms in total. The lowest BCUT2D eigenvalue weighted by atomic mass is 10.2. The van der Waals surface area contributed by atoms with Crippen LogP contribution in [0.15, 0.2) is 58.3 Å². The van der Waals surface area contributed by atoms with Crippen LogP contribution in [0.25, 0.3) is 6.08 Å². The summed E-state index contributed by atoms with van der Waals surface area (Å²) in [6, 6.07) is 13.4. The average molecular weight is 390 g/mol. The number of nitrogens with zero attached hydrogens (tertiary/aromatic N) is 1. The molecule has 0 saturated carbocycles. The molecule has 2 aromatic rings. The summed E-state index contributed by atoms with van der Waals surface area (Å²) in [5, 5.41) is 10.1.